The van der Waals surface area contributed by atoms with Gasteiger partial charge in [-0.25, -0.2) is 13.8 Å². The summed E-state index contributed by atoms with van der Waals surface area (Å²) < 4.78 is 26.3. The minimum Gasteiger partial charge on any atom is -0.338 e. The topological polar surface area (TPSA) is 79.0 Å². The summed E-state index contributed by atoms with van der Waals surface area (Å²) in [6, 6.07) is 5.15. The van der Waals surface area contributed by atoms with Crippen LogP contribution in [0.2, 0.25) is 0 Å². The van der Waals surface area contributed by atoms with Gasteiger partial charge >= 0.3 is 0 Å². The van der Waals surface area contributed by atoms with Crippen molar-refractivity contribution >= 4 is 5.91 Å². The van der Waals surface area contributed by atoms with Crippen LogP contribution in [0.25, 0.3) is 11.5 Å². The third-order valence-corrected chi connectivity index (χ3v) is 3.72. The lowest BCUT2D eigenvalue weighted by atomic mass is 10.1. The molecule has 1 saturated heterocycles. The van der Waals surface area contributed by atoms with Gasteiger partial charge in [0.15, 0.2) is 5.82 Å². The summed E-state index contributed by atoms with van der Waals surface area (Å²) in [5.74, 6) is -3.08. The molecule has 3 heterocycles. The number of likely N-dealkylation sites (tertiary alicyclic amines) is 1. The second-order valence-electron chi connectivity index (χ2n) is 5.34. The first-order chi connectivity index (χ1) is 11.0. The Kier molecular flexibility index (Phi) is 3.89. The number of halogens is 2. The minimum absolute atomic E-state index is 0.0761. The van der Waals surface area contributed by atoms with Crippen LogP contribution in [0.4, 0.5) is 8.78 Å². The van der Waals surface area contributed by atoms with Crippen molar-refractivity contribution in [3.8, 4) is 11.5 Å². The van der Waals surface area contributed by atoms with Crippen molar-refractivity contribution in [2.45, 2.75) is 18.8 Å². The average molecular weight is 320 g/mol. The van der Waals surface area contributed by atoms with Gasteiger partial charge < -0.3 is 9.88 Å². The Morgan fingerprint density at radius 3 is 2.57 bits per heavy atom. The second kappa shape index (κ2) is 5.86. The van der Waals surface area contributed by atoms with E-state index in [4.69, 9.17) is 0 Å². The predicted molar refractivity (Wildman–Crippen MR) is 78.2 cm³/mol. The van der Waals surface area contributed by atoms with Crippen LogP contribution < -0.4 is 5.56 Å². The molecule has 6 nitrogen and oxygen atoms in total. The zero-order chi connectivity index (χ0) is 16.4. The highest BCUT2D eigenvalue weighted by Gasteiger charge is 2.36. The Balaban J connectivity index is 1.81. The maximum absolute atomic E-state index is 13.1. The fourth-order valence-corrected chi connectivity index (χ4v) is 2.39. The SMILES string of the molecule is O=C(c1cnc(-c2ccccn2)[nH]c1=O)N1CCC(F)(F)CC1. The Hall–Kier alpha value is -2.64. The zero-order valence-corrected chi connectivity index (χ0v) is 12.1. The van der Waals surface area contributed by atoms with Crippen molar-refractivity contribution < 1.29 is 13.6 Å². The first-order valence-electron chi connectivity index (χ1n) is 7.14. The molecule has 2 aromatic rings. The zero-order valence-electron chi connectivity index (χ0n) is 12.1. The van der Waals surface area contributed by atoms with Gasteiger partial charge in [0.2, 0.25) is 0 Å². The number of hydrogen-bond acceptors (Lipinski definition) is 4. The smallest absolute Gasteiger partial charge is 0.264 e. The molecule has 1 fully saturated rings. The molecule has 8 heteroatoms. The Labute approximate surface area is 130 Å². The highest BCUT2D eigenvalue weighted by atomic mass is 19.3. The Morgan fingerprint density at radius 1 is 1.22 bits per heavy atom. The van der Waals surface area contributed by atoms with Gasteiger partial charge in [0.1, 0.15) is 11.3 Å². The Bertz CT molecular complexity index is 767. The monoisotopic (exact) mass is 320 g/mol. The third-order valence-electron chi connectivity index (χ3n) is 3.72. The molecule has 23 heavy (non-hydrogen) atoms. The van der Waals surface area contributed by atoms with Crippen LogP contribution in [0.15, 0.2) is 35.4 Å². The summed E-state index contributed by atoms with van der Waals surface area (Å²) in [7, 11) is 0. The van der Waals surface area contributed by atoms with Crippen LogP contribution in [0, 0.1) is 0 Å². The number of pyridine rings is 1. The van der Waals surface area contributed by atoms with Gasteiger partial charge in [-0.3, -0.25) is 14.6 Å². The number of rotatable bonds is 2. The highest BCUT2D eigenvalue weighted by molar-refractivity contribution is 5.93. The predicted octanol–water partition coefficient (Wildman–Crippen LogP) is 1.70. The van der Waals surface area contributed by atoms with E-state index in [0.717, 1.165) is 6.20 Å². The minimum atomic E-state index is -2.75. The van der Waals surface area contributed by atoms with E-state index in [9.17, 15) is 18.4 Å². The lowest BCUT2D eigenvalue weighted by Gasteiger charge is -2.31. The van der Waals surface area contributed by atoms with Crippen LogP contribution in [0.1, 0.15) is 23.2 Å². The van der Waals surface area contributed by atoms with Crippen molar-refractivity contribution in [3.63, 3.8) is 0 Å². The molecule has 0 unspecified atom stereocenters. The molecule has 3 rings (SSSR count). The first-order valence-corrected chi connectivity index (χ1v) is 7.14. The molecule has 1 amide bonds. The molecule has 0 bridgehead atoms. The largest absolute Gasteiger partial charge is 0.338 e. The summed E-state index contributed by atoms with van der Waals surface area (Å²) in [5.41, 5.74) is -0.293. The number of alkyl halides is 2. The van der Waals surface area contributed by atoms with Gasteiger partial charge in [0.05, 0.1) is 0 Å². The van der Waals surface area contributed by atoms with E-state index in [1.807, 2.05) is 0 Å². The number of hydrogen-bond donors (Lipinski definition) is 1. The molecule has 0 aliphatic carbocycles. The highest BCUT2D eigenvalue weighted by Crippen LogP contribution is 2.28. The molecular weight excluding hydrogens is 306 g/mol. The molecular formula is C15H14F2N4O2. The molecule has 0 radical (unpaired) electrons. The number of aromatic nitrogens is 3. The van der Waals surface area contributed by atoms with Crippen molar-refractivity contribution in [2.75, 3.05) is 13.1 Å². The van der Waals surface area contributed by atoms with E-state index in [2.05, 4.69) is 15.0 Å². The Morgan fingerprint density at radius 2 is 1.96 bits per heavy atom. The third kappa shape index (κ3) is 3.25. The van der Waals surface area contributed by atoms with Crippen molar-refractivity contribution in [2.24, 2.45) is 0 Å². The van der Waals surface area contributed by atoms with Crippen LogP contribution in [-0.4, -0.2) is 44.8 Å². The summed E-state index contributed by atoms with van der Waals surface area (Å²) >= 11 is 0. The van der Waals surface area contributed by atoms with Gasteiger partial charge in [0.25, 0.3) is 17.4 Å². The van der Waals surface area contributed by atoms with Crippen LogP contribution >= 0.6 is 0 Å². The van der Waals surface area contributed by atoms with Crippen LogP contribution in [0.3, 0.4) is 0 Å². The summed E-state index contributed by atoms with van der Waals surface area (Å²) in [6.07, 6.45) is 1.94. The molecule has 2 aromatic heterocycles. The lowest BCUT2D eigenvalue weighted by Crippen LogP contribution is -2.44. The van der Waals surface area contributed by atoms with E-state index in [1.54, 1.807) is 24.4 Å². The van der Waals surface area contributed by atoms with Crippen LogP contribution in [0.5, 0.6) is 0 Å². The van der Waals surface area contributed by atoms with Gasteiger partial charge in [0, 0.05) is 38.3 Å². The average Bonchev–Trinajstić information content (AvgIpc) is 2.55. The van der Waals surface area contributed by atoms with E-state index in [0.29, 0.717) is 5.69 Å². The van der Waals surface area contributed by atoms with Crippen molar-refractivity contribution in [1.82, 2.24) is 19.9 Å². The quantitative estimate of drug-likeness (QED) is 0.913. The van der Waals surface area contributed by atoms with Crippen molar-refractivity contribution in [3.05, 3.63) is 46.5 Å². The van der Waals surface area contributed by atoms with Crippen molar-refractivity contribution in [1.29, 1.82) is 0 Å². The van der Waals surface area contributed by atoms with Gasteiger partial charge in [-0.15, -0.1) is 0 Å². The summed E-state index contributed by atoms with van der Waals surface area (Å²) in [4.78, 5) is 36.2. The normalized spacial score (nSPS) is 17.0. The molecule has 0 spiro atoms. The number of piperidine rings is 1. The van der Waals surface area contributed by atoms with Gasteiger partial charge in [-0.05, 0) is 12.1 Å². The molecule has 120 valence electrons. The van der Waals surface area contributed by atoms with E-state index < -0.39 is 30.2 Å². The molecule has 1 N–H and O–H groups in total. The number of nitrogens with one attached hydrogen (secondary N) is 1. The summed E-state index contributed by atoms with van der Waals surface area (Å²) in [5, 5.41) is 0. The maximum Gasteiger partial charge on any atom is 0.264 e. The van der Waals surface area contributed by atoms with E-state index >= 15 is 0 Å². The maximum atomic E-state index is 13.1. The molecule has 0 atom stereocenters. The van der Waals surface area contributed by atoms with Gasteiger partial charge in [-0.1, -0.05) is 6.07 Å². The van der Waals surface area contributed by atoms with E-state index in [-0.39, 0.29) is 24.5 Å². The number of carbonyl (C=O) groups excluding carboxylic acids is 1. The number of H-pyrrole nitrogens is 1. The number of amides is 1. The number of carbonyl (C=O) groups is 1. The molecule has 1 aliphatic rings. The number of aromatic amines is 1. The lowest BCUT2D eigenvalue weighted by molar-refractivity contribution is -0.0494. The fraction of sp³-hybridized carbons (Fsp3) is 0.333. The molecule has 0 saturated carbocycles. The van der Waals surface area contributed by atoms with Gasteiger partial charge in [-0.2, -0.15) is 0 Å². The summed E-state index contributed by atoms with van der Waals surface area (Å²) in [6.45, 7) is -0.152. The standard InChI is InChI=1S/C15H14F2N4O2/c16-15(17)4-7-21(8-5-15)14(23)10-9-19-12(20-13(10)22)11-3-1-2-6-18-11/h1-3,6,9H,4-5,7-8H2,(H,19,20,22). The number of nitrogens with zero attached hydrogens (tertiary/aromatic N) is 3. The second-order valence-corrected chi connectivity index (χ2v) is 5.34. The molecule has 1 aliphatic heterocycles. The molecule has 0 aromatic carbocycles. The first kappa shape index (κ1) is 15.3. The fourth-order valence-electron chi connectivity index (χ4n) is 2.39. The van der Waals surface area contributed by atoms with E-state index in [1.165, 1.54) is 4.90 Å². The van der Waals surface area contributed by atoms with Crippen LogP contribution in [-0.2, 0) is 0 Å².